The van der Waals surface area contributed by atoms with E-state index in [0.29, 0.717) is 11.5 Å². The Balaban J connectivity index is 1.85. The normalized spacial score (nSPS) is 29.8. The molecule has 1 N–H and O–H groups in total. The zero-order valence-electron chi connectivity index (χ0n) is 13.4. The average Bonchev–Trinajstić information content (AvgIpc) is 2.73. The molecule has 2 fully saturated rings. The van der Waals surface area contributed by atoms with Crippen LogP contribution in [-0.4, -0.2) is 24.8 Å². The first kappa shape index (κ1) is 15.3. The van der Waals surface area contributed by atoms with Gasteiger partial charge >= 0.3 is 0 Å². The smallest absolute Gasteiger partial charge is 0.0641 e. The van der Waals surface area contributed by atoms with Gasteiger partial charge in [-0.05, 0) is 57.3 Å². The first-order valence-corrected chi connectivity index (χ1v) is 8.28. The summed E-state index contributed by atoms with van der Waals surface area (Å²) < 4.78 is 5.82. The predicted octanol–water partition coefficient (Wildman–Crippen LogP) is 4.14. The van der Waals surface area contributed by atoms with Crippen molar-refractivity contribution in [3.8, 4) is 0 Å². The van der Waals surface area contributed by atoms with E-state index in [4.69, 9.17) is 4.74 Å². The molecule has 0 radical (unpaired) electrons. The fraction of sp³-hybridized carbons (Fsp3) is 1.00. The van der Waals surface area contributed by atoms with Gasteiger partial charge in [-0.1, -0.05) is 26.7 Å². The van der Waals surface area contributed by atoms with Gasteiger partial charge in [0, 0.05) is 19.2 Å². The Bertz CT molecular complexity index is 279. The van der Waals surface area contributed by atoms with Gasteiger partial charge in [-0.25, -0.2) is 0 Å². The molecule has 0 spiro atoms. The summed E-state index contributed by atoms with van der Waals surface area (Å²) in [6.45, 7) is 11.3. The highest BCUT2D eigenvalue weighted by Crippen LogP contribution is 2.42. The van der Waals surface area contributed by atoms with E-state index in [1.807, 2.05) is 0 Å². The molecule has 0 amide bonds. The van der Waals surface area contributed by atoms with Crippen LogP contribution in [0.5, 0.6) is 0 Å². The lowest BCUT2D eigenvalue weighted by Crippen LogP contribution is -2.47. The molecule has 19 heavy (non-hydrogen) atoms. The molecule has 0 aromatic carbocycles. The fourth-order valence-electron chi connectivity index (χ4n) is 4.21. The van der Waals surface area contributed by atoms with E-state index in [2.05, 4.69) is 33.0 Å². The van der Waals surface area contributed by atoms with Crippen LogP contribution in [0.25, 0.3) is 0 Å². The summed E-state index contributed by atoms with van der Waals surface area (Å²) in [5.41, 5.74) is 0.660. The van der Waals surface area contributed by atoms with Crippen molar-refractivity contribution < 1.29 is 4.74 Å². The Morgan fingerprint density at radius 3 is 2.47 bits per heavy atom. The van der Waals surface area contributed by atoms with Gasteiger partial charge in [0.05, 0.1) is 5.60 Å². The third kappa shape index (κ3) is 4.46. The van der Waals surface area contributed by atoms with Crippen molar-refractivity contribution in [3.63, 3.8) is 0 Å². The maximum Gasteiger partial charge on any atom is 0.0641 e. The van der Waals surface area contributed by atoms with Gasteiger partial charge in [-0.3, -0.25) is 0 Å². The molecular formula is C17H33NO. The third-order valence-corrected chi connectivity index (χ3v) is 4.97. The highest BCUT2D eigenvalue weighted by atomic mass is 16.5. The summed E-state index contributed by atoms with van der Waals surface area (Å²) in [5.74, 6) is 0.825. The molecule has 1 unspecified atom stereocenters. The number of rotatable bonds is 5. The van der Waals surface area contributed by atoms with Crippen molar-refractivity contribution in [1.29, 1.82) is 0 Å². The van der Waals surface area contributed by atoms with E-state index >= 15 is 0 Å². The molecule has 0 bridgehead atoms. The maximum atomic E-state index is 5.82. The lowest BCUT2D eigenvalue weighted by Gasteiger charge is -2.39. The minimum atomic E-state index is 0.0663. The monoisotopic (exact) mass is 267 g/mol. The summed E-state index contributed by atoms with van der Waals surface area (Å²) in [6.07, 6.45) is 9.48. The zero-order chi connectivity index (χ0) is 13.9. The minimum absolute atomic E-state index is 0.0663. The van der Waals surface area contributed by atoms with Crippen molar-refractivity contribution in [2.24, 2.45) is 11.3 Å². The summed E-state index contributed by atoms with van der Waals surface area (Å²) in [5, 5.41) is 3.89. The van der Waals surface area contributed by atoms with E-state index in [1.165, 1.54) is 45.1 Å². The number of hydrogen-bond acceptors (Lipinski definition) is 2. The largest absolute Gasteiger partial charge is 0.375 e. The van der Waals surface area contributed by atoms with E-state index in [0.717, 1.165) is 18.9 Å². The molecule has 2 aliphatic rings. The Morgan fingerprint density at radius 1 is 1.21 bits per heavy atom. The van der Waals surface area contributed by atoms with Crippen LogP contribution >= 0.6 is 0 Å². The molecular weight excluding hydrogens is 234 g/mol. The molecule has 1 aliphatic carbocycles. The molecule has 1 heterocycles. The molecule has 2 heteroatoms. The Morgan fingerprint density at radius 2 is 1.89 bits per heavy atom. The predicted molar refractivity (Wildman–Crippen MR) is 81.4 cm³/mol. The van der Waals surface area contributed by atoms with Crippen molar-refractivity contribution in [2.75, 3.05) is 13.2 Å². The molecule has 0 aromatic heterocycles. The second-order valence-electron chi connectivity index (χ2n) is 7.98. The van der Waals surface area contributed by atoms with Crippen LogP contribution < -0.4 is 5.32 Å². The van der Waals surface area contributed by atoms with Crippen LogP contribution in [-0.2, 0) is 4.74 Å². The Hall–Kier alpha value is -0.0800. The molecule has 1 saturated heterocycles. The standard InChI is InChI=1S/C17H33NO/c1-14(2)11-17(8-5-6-9-17)13-18-15-7-10-19-16(3,4)12-15/h14-15,18H,5-13H2,1-4H3. The van der Waals surface area contributed by atoms with Gasteiger partial charge in [0.1, 0.15) is 0 Å². The van der Waals surface area contributed by atoms with Crippen molar-refractivity contribution in [3.05, 3.63) is 0 Å². The SMILES string of the molecule is CC(C)CC1(CNC2CCOC(C)(C)C2)CCCC1. The molecule has 2 rings (SSSR count). The van der Waals surface area contributed by atoms with Gasteiger partial charge in [0.25, 0.3) is 0 Å². The number of ether oxygens (including phenoxy) is 1. The van der Waals surface area contributed by atoms with Crippen LogP contribution in [0.1, 0.15) is 72.6 Å². The second-order valence-corrected chi connectivity index (χ2v) is 7.98. The fourth-order valence-corrected chi connectivity index (χ4v) is 4.21. The summed E-state index contributed by atoms with van der Waals surface area (Å²) >= 11 is 0. The highest BCUT2D eigenvalue weighted by molar-refractivity contribution is 4.90. The van der Waals surface area contributed by atoms with Gasteiger partial charge in [0.15, 0.2) is 0 Å². The van der Waals surface area contributed by atoms with Gasteiger partial charge in [0.2, 0.25) is 0 Å². The van der Waals surface area contributed by atoms with Gasteiger partial charge in [-0.15, -0.1) is 0 Å². The highest BCUT2D eigenvalue weighted by Gasteiger charge is 2.36. The Kier molecular flexibility index (Phi) is 4.94. The molecule has 112 valence electrons. The molecule has 1 saturated carbocycles. The van der Waals surface area contributed by atoms with Crippen molar-refractivity contribution in [2.45, 2.75) is 84.3 Å². The van der Waals surface area contributed by atoms with E-state index in [1.54, 1.807) is 0 Å². The van der Waals surface area contributed by atoms with E-state index < -0.39 is 0 Å². The van der Waals surface area contributed by atoms with Crippen molar-refractivity contribution in [1.82, 2.24) is 5.32 Å². The zero-order valence-corrected chi connectivity index (χ0v) is 13.4. The molecule has 1 aliphatic heterocycles. The number of hydrogen-bond donors (Lipinski definition) is 1. The lowest BCUT2D eigenvalue weighted by molar-refractivity contribution is -0.0641. The lowest BCUT2D eigenvalue weighted by atomic mass is 9.78. The van der Waals surface area contributed by atoms with Crippen LogP contribution in [0.3, 0.4) is 0 Å². The summed E-state index contributed by atoms with van der Waals surface area (Å²) in [7, 11) is 0. The van der Waals surface area contributed by atoms with Crippen LogP contribution in [0.2, 0.25) is 0 Å². The minimum Gasteiger partial charge on any atom is -0.375 e. The van der Waals surface area contributed by atoms with Crippen molar-refractivity contribution >= 4 is 0 Å². The van der Waals surface area contributed by atoms with Crippen LogP contribution in [0, 0.1) is 11.3 Å². The van der Waals surface area contributed by atoms with Gasteiger partial charge in [-0.2, -0.15) is 0 Å². The second kappa shape index (κ2) is 6.13. The summed E-state index contributed by atoms with van der Waals surface area (Å²) in [4.78, 5) is 0. The number of nitrogens with one attached hydrogen (secondary N) is 1. The third-order valence-electron chi connectivity index (χ3n) is 4.97. The first-order valence-electron chi connectivity index (χ1n) is 8.28. The van der Waals surface area contributed by atoms with Crippen LogP contribution in [0.4, 0.5) is 0 Å². The molecule has 0 aromatic rings. The summed E-state index contributed by atoms with van der Waals surface area (Å²) in [6, 6.07) is 0.661. The van der Waals surface area contributed by atoms with E-state index in [-0.39, 0.29) is 5.60 Å². The Labute approximate surface area is 119 Å². The van der Waals surface area contributed by atoms with E-state index in [9.17, 15) is 0 Å². The average molecular weight is 267 g/mol. The quantitative estimate of drug-likeness (QED) is 0.808. The maximum absolute atomic E-state index is 5.82. The first-order chi connectivity index (χ1) is 8.91. The molecule has 2 nitrogen and oxygen atoms in total. The topological polar surface area (TPSA) is 21.3 Å². The molecule has 1 atom stereocenters. The van der Waals surface area contributed by atoms with Gasteiger partial charge < -0.3 is 10.1 Å². The van der Waals surface area contributed by atoms with Crippen LogP contribution in [0.15, 0.2) is 0 Å².